The van der Waals surface area contributed by atoms with Crippen LogP contribution in [0.5, 0.6) is 0 Å². The van der Waals surface area contributed by atoms with Crippen molar-refractivity contribution in [2.24, 2.45) is 0 Å². The number of hydrogen-bond acceptors (Lipinski definition) is 0. The van der Waals surface area contributed by atoms with Crippen molar-refractivity contribution in [1.29, 1.82) is 0 Å². The summed E-state index contributed by atoms with van der Waals surface area (Å²) in [6.45, 7) is 14.5. The van der Waals surface area contributed by atoms with Crippen molar-refractivity contribution in [1.82, 2.24) is 0 Å². The maximum atomic E-state index is 3.57. The first kappa shape index (κ1) is 11.0. The van der Waals surface area contributed by atoms with Crippen LogP contribution in [0.4, 0.5) is 0 Å². The summed E-state index contributed by atoms with van der Waals surface area (Å²) in [7, 11) is -2.14. The molecule has 0 aromatic carbocycles. The van der Waals surface area contributed by atoms with Crippen molar-refractivity contribution in [3.63, 3.8) is 0 Å². The van der Waals surface area contributed by atoms with Crippen LogP contribution in [0.2, 0.25) is 39.3 Å². The molecule has 0 bridgehead atoms. The monoisotopic (exact) mass is 209 g/mol. The lowest BCUT2D eigenvalue weighted by Gasteiger charge is -2.19. The SMILES string of the molecule is C[Si](C)(C)C1=[C]CC([Si](C)(C)C)=C1. The number of allylic oxidation sites excluding steroid dienone is 4. The topological polar surface area (TPSA) is 0 Å². The molecule has 73 valence electrons. The van der Waals surface area contributed by atoms with Crippen molar-refractivity contribution in [2.75, 3.05) is 0 Å². The number of rotatable bonds is 2. The lowest BCUT2D eigenvalue weighted by Crippen LogP contribution is -2.24. The van der Waals surface area contributed by atoms with Gasteiger partial charge in [-0.1, -0.05) is 55.8 Å². The molecule has 0 spiro atoms. The van der Waals surface area contributed by atoms with Crippen LogP contribution >= 0.6 is 0 Å². The molecule has 0 aromatic rings. The Hall–Kier alpha value is -0.0862. The maximum absolute atomic E-state index is 3.57. The Morgan fingerprint density at radius 3 is 1.77 bits per heavy atom. The van der Waals surface area contributed by atoms with Crippen molar-refractivity contribution in [3.8, 4) is 0 Å². The fourth-order valence-corrected chi connectivity index (χ4v) is 4.00. The molecule has 1 radical (unpaired) electrons. The van der Waals surface area contributed by atoms with Crippen molar-refractivity contribution >= 4 is 16.1 Å². The van der Waals surface area contributed by atoms with E-state index >= 15 is 0 Å². The molecule has 2 heteroatoms. The highest BCUT2D eigenvalue weighted by molar-refractivity contribution is 6.86. The van der Waals surface area contributed by atoms with Gasteiger partial charge in [-0.3, -0.25) is 0 Å². The Morgan fingerprint density at radius 1 is 1.00 bits per heavy atom. The first-order valence-electron chi connectivity index (χ1n) is 5.03. The van der Waals surface area contributed by atoms with E-state index in [0.717, 1.165) is 6.42 Å². The second-order valence-corrected chi connectivity index (χ2v) is 16.1. The zero-order valence-corrected chi connectivity index (χ0v) is 11.8. The van der Waals surface area contributed by atoms with Crippen LogP contribution in [0.3, 0.4) is 0 Å². The van der Waals surface area contributed by atoms with Gasteiger partial charge in [0.1, 0.15) is 0 Å². The average molecular weight is 209 g/mol. The highest BCUT2D eigenvalue weighted by Gasteiger charge is 2.27. The Kier molecular flexibility index (Phi) is 2.74. The summed E-state index contributed by atoms with van der Waals surface area (Å²) in [6, 6.07) is 0. The minimum atomic E-state index is -1.09. The third kappa shape index (κ3) is 2.68. The largest absolute Gasteiger partial charge is 0.0779 e. The van der Waals surface area contributed by atoms with Gasteiger partial charge >= 0.3 is 0 Å². The molecule has 0 nitrogen and oxygen atoms in total. The third-order valence-electron chi connectivity index (χ3n) is 2.56. The zero-order chi connectivity index (χ0) is 10.3. The molecule has 1 rings (SSSR count). The summed E-state index contributed by atoms with van der Waals surface area (Å²) in [6.07, 6.45) is 7.15. The van der Waals surface area contributed by atoms with Crippen LogP contribution in [-0.2, 0) is 0 Å². The maximum Gasteiger partial charge on any atom is 0.0779 e. The lowest BCUT2D eigenvalue weighted by molar-refractivity contribution is 1.31. The minimum Gasteiger partial charge on any atom is -0.0769 e. The van der Waals surface area contributed by atoms with Crippen molar-refractivity contribution in [2.45, 2.75) is 45.7 Å². The molecule has 13 heavy (non-hydrogen) atoms. The first-order chi connectivity index (χ1) is 5.71. The Bertz CT molecular complexity index is 259. The van der Waals surface area contributed by atoms with Crippen LogP contribution in [0, 0.1) is 6.08 Å². The molecule has 0 amide bonds. The van der Waals surface area contributed by atoms with Crippen molar-refractivity contribution in [3.05, 3.63) is 22.5 Å². The molecule has 0 heterocycles. The predicted octanol–water partition coefficient (Wildman–Crippen LogP) is 3.80. The van der Waals surface area contributed by atoms with Gasteiger partial charge < -0.3 is 0 Å². The molecule has 0 N–H and O–H groups in total. The molecule has 1 aliphatic rings. The second kappa shape index (κ2) is 3.24. The summed E-state index contributed by atoms with van der Waals surface area (Å²) < 4.78 is 0. The molecular weight excluding hydrogens is 188 g/mol. The van der Waals surface area contributed by atoms with Gasteiger partial charge in [-0.25, -0.2) is 0 Å². The average Bonchev–Trinajstić information content (AvgIpc) is 2.28. The van der Waals surface area contributed by atoms with Crippen LogP contribution in [-0.4, -0.2) is 16.1 Å². The summed E-state index contributed by atoms with van der Waals surface area (Å²) in [5.41, 5.74) is 0. The summed E-state index contributed by atoms with van der Waals surface area (Å²) >= 11 is 0. The highest BCUT2D eigenvalue weighted by Crippen LogP contribution is 2.30. The van der Waals surface area contributed by atoms with Gasteiger partial charge in [-0.15, -0.1) is 0 Å². The van der Waals surface area contributed by atoms with E-state index in [-0.39, 0.29) is 0 Å². The molecule has 0 atom stereocenters. The zero-order valence-electron chi connectivity index (χ0n) is 9.78. The predicted molar refractivity (Wildman–Crippen MR) is 66.1 cm³/mol. The van der Waals surface area contributed by atoms with Gasteiger partial charge in [0, 0.05) is 0 Å². The van der Waals surface area contributed by atoms with Crippen molar-refractivity contribution < 1.29 is 0 Å². The second-order valence-electron chi connectivity index (χ2n) is 5.94. The van der Waals surface area contributed by atoms with Gasteiger partial charge in [0.2, 0.25) is 0 Å². The molecule has 0 saturated heterocycles. The van der Waals surface area contributed by atoms with Crippen LogP contribution < -0.4 is 0 Å². The first-order valence-corrected chi connectivity index (χ1v) is 12.0. The van der Waals surface area contributed by atoms with E-state index in [1.54, 1.807) is 10.4 Å². The van der Waals surface area contributed by atoms with Gasteiger partial charge in [-0.05, 0) is 12.5 Å². The third-order valence-corrected chi connectivity index (χ3v) is 6.74. The van der Waals surface area contributed by atoms with Gasteiger partial charge in [0.05, 0.1) is 16.1 Å². The summed E-state index contributed by atoms with van der Waals surface area (Å²) in [4.78, 5) is 0. The van der Waals surface area contributed by atoms with E-state index in [2.05, 4.69) is 51.4 Å². The smallest absolute Gasteiger partial charge is 0.0769 e. The number of hydrogen-bond donors (Lipinski definition) is 0. The fourth-order valence-electron chi connectivity index (χ4n) is 1.43. The van der Waals surface area contributed by atoms with E-state index < -0.39 is 16.1 Å². The molecular formula is C11H21Si2. The normalized spacial score (nSPS) is 18.6. The Balaban J connectivity index is 2.84. The highest BCUT2D eigenvalue weighted by atomic mass is 28.3. The summed E-state index contributed by atoms with van der Waals surface area (Å²) in [5, 5.41) is 3.23. The van der Waals surface area contributed by atoms with E-state index in [0.29, 0.717) is 0 Å². The van der Waals surface area contributed by atoms with Gasteiger partial charge in [-0.2, -0.15) is 0 Å². The van der Waals surface area contributed by atoms with Crippen LogP contribution in [0.15, 0.2) is 16.5 Å². The minimum absolute atomic E-state index is 1.04. The van der Waals surface area contributed by atoms with E-state index in [4.69, 9.17) is 0 Å². The Labute approximate surface area is 84.8 Å². The molecule has 0 aliphatic heterocycles. The van der Waals surface area contributed by atoms with Gasteiger partial charge in [0.15, 0.2) is 0 Å². The fraction of sp³-hybridized carbons (Fsp3) is 0.636. The molecule has 0 unspecified atom stereocenters. The van der Waals surface area contributed by atoms with Gasteiger partial charge in [0.25, 0.3) is 0 Å². The van der Waals surface area contributed by atoms with Crippen LogP contribution in [0.1, 0.15) is 6.42 Å². The Morgan fingerprint density at radius 2 is 1.54 bits per heavy atom. The molecule has 0 saturated carbocycles. The van der Waals surface area contributed by atoms with Crippen LogP contribution in [0.25, 0.3) is 0 Å². The molecule has 1 aliphatic carbocycles. The quantitative estimate of drug-likeness (QED) is 0.607. The molecule has 0 fully saturated rings. The van der Waals surface area contributed by atoms with E-state index in [9.17, 15) is 0 Å². The van der Waals surface area contributed by atoms with E-state index in [1.807, 2.05) is 0 Å². The summed E-state index contributed by atoms with van der Waals surface area (Å²) in [5.74, 6) is 0. The van der Waals surface area contributed by atoms with E-state index in [1.165, 1.54) is 0 Å². The lowest BCUT2D eigenvalue weighted by atomic mass is 10.5. The molecule has 0 aromatic heterocycles. The standard InChI is InChI=1S/C11H21Si2/c1-12(2,3)10-7-8-11(9-10)13(4,5)6/h9H,7H2,1-6H3.